The van der Waals surface area contributed by atoms with Crippen molar-refractivity contribution in [3.63, 3.8) is 0 Å². The van der Waals surface area contributed by atoms with Crippen molar-refractivity contribution in [2.24, 2.45) is 0 Å². The van der Waals surface area contributed by atoms with Gasteiger partial charge in [0.25, 0.3) is 0 Å². The number of aromatic nitrogens is 4. The number of nitrogens with one attached hydrogen (secondary N) is 2. The number of rotatable bonds is 6. The van der Waals surface area contributed by atoms with Crippen LogP contribution in [0, 0.1) is 13.8 Å². The van der Waals surface area contributed by atoms with Crippen LogP contribution in [0.15, 0.2) is 72.9 Å². The summed E-state index contributed by atoms with van der Waals surface area (Å²) in [6, 6.07) is 21.3. The van der Waals surface area contributed by atoms with E-state index >= 15 is 0 Å². The second-order valence-electron chi connectivity index (χ2n) is 7.07. The normalized spacial score (nSPS) is 10.7. The molecule has 30 heavy (non-hydrogen) atoms. The van der Waals surface area contributed by atoms with Gasteiger partial charge in [-0.15, -0.1) is 0 Å². The van der Waals surface area contributed by atoms with Crippen LogP contribution in [0.2, 0.25) is 0 Å². The predicted octanol–water partition coefficient (Wildman–Crippen LogP) is 4.04. The molecular formula is C23H24N6O. The lowest BCUT2D eigenvalue weighted by molar-refractivity contribution is 0.252. The second kappa shape index (κ2) is 8.65. The Labute approximate surface area is 175 Å². The number of carbonyl (C=O) groups is 1. The van der Waals surface area contributed by atoms with Crippen LogP contribution in [-0.2, 0) is 6.42 Å². The maximum atomic E-state index is 12.4. The van der Waals surface area contributed by atoms with Gasteiger partial charge in [-0.25, -0.2) is 14.2 Å². The van der Waals surface area contributed by atoms with Gasteiger partial charge in [-0.2, -0.15) is 10.2 Å². The Morgan fingerprint density at radius 2 is 1.73 bits per heavy atom. The Balaban J connectivity index is 1.35. The largest absolute Gasteiger partial charge is 0.337 e. The summed E-state index contributed by atoms with van der Waals surface area (Å²) in [5, 5.41) is 14.9. The fraction of sp³-hybridized carbons (Fsp3) is 0.174. The molecule has 0 saturated carbocycles. The molecule has 2 heterocycles. The summed E-state index contributed by atoms with van der Waals surface area (Å²) < 4.78 is 3.67. The summed E-state index contributed by atoms with van der Waals surface area (Å²) in [6.45, 7) is 4.43. The van der Waals surface area contributed by atoms with E-state index in [0.717, 1.165) is 28.5 Å². The van der Waals surface area contributed by atoms with Gasteiger partial charge < -0.3 is 10.6 Å². The minimum atomic E-state index is -0.258. The molecule has 0 bridgehead atoms. The van der Waals surface area contributed by atoms with E-state index in [4.69, 9.17) is 0 Å². The van der Waals surface area contributed by atoms with Crippen molar-refractivity contribution in [3.8, 4) is 11.4 Å². The molecule has 0 atom stereocenters. The smallest absolute Gasteiger partial charge is 0.319 e. The van der Waals surface area contributed by atoms with Crippen LogP contribution >= 0.6 is 0 Å². The fourth-order valence-electron chi connectivity index (χ4n) is 3.33. The summed E-state index contributed by atoms with van der Waals surface area (Å²) in [5.74, 6) is 0. The van der Waals surface area contributed by atoms with E-state index in [0.29, 0.717) is 18.7 Å². The van der Waals surface area contributed by atoms with Gasteiger partial charge in [-0.3, -0.25) is 0 Å². The molecule has 0 aliphatic heterocycles. The summed E-state index contributed by atoms with van der Waals surface area (Å²) in [6.07, 6.45) is 2.57. The van der Waals surface area contributed by atoms with Crippen LogP contribution in [0.25, 0.3) is 11.4 Å². The molecule has 2 amide bonds. The molecule has 0 saturated heterocycles. The molecule has 2 aromatic carbocycles. The van der Waals surface area contributed by atoms with Crippen LogP contribution in [0.5, 0.6) is 0 Å². The highest BCUT2D eigenvalue weighted by atomic mass is 16.2. The number of hydrogen-bond acceptors (Lipinski definition) is 3. The van der Waals surface area contributed by atoms with Crippen LogP contribution in [0.1, 0.15) is 17.1 Å². The first-order valence-electron chi connectivity index (χ1n) is 9.87. The third-order valence-corrected chi connectivity index (χ3v) is 4.72. The van der Waals surface area contributed by atoms with E-state index < -0.39 is 0 Å². The summed E-state index contributed by atoms with van der Waals surface area (Å²) in [7, 11) is 0. The predicted molar refractivity (Wildman–Crippen MR) is 117 cm³/mol. The zero-order chi connectivity index (χ0) is 20.9. The Kier molecular flexibility index (Phi) is 5.61. The van der Waals surface area contributed by atoms with Crippen molar-refractivity contribution in [2.75, 3.05) is 11.9 Å². The van der Waals surface area contributed by atoms with E-state index in [2.05, 4.69) is 20.8 Å². The van der Waals surface area contributed by atoms with E-state index in [1.54, 1.807) is 0 Å². The number of aryl methyl sites for hydroxylation is 2. The van der Waals surface area contributed by atoms with Gasteiger partial charge in [-0.1, -0.05) is 30.3 Å². The van der Waals surface area contributed by atoms with Crippen LogP contribution in [0.4, 0.5) is 10.5 Å². The van der Waals surface area contributed by atoms with E-state index in [1.165, 1.54) is 0 Å². The van der Waals surface area contributed by atoms with Gasteiger partial charge in [0.1, 0.15) is 0 Å². The molecule has 152 valence electrons. The fourth-order valence-corrected chi connectivity index (χ4v) is 3.33. The molecule has 0 aliphatic carbocycles. The quantitative estimate of drug-likeness (QED) is 0.513. The molecular weight excluding hydrogens is 376 g/mol. The SMILES string of the molecule is Cc1cc(C)n(-c2ccccc2NC(=O)NCCc2ccn(-c3ccccc3)n2)n1. The number of hydrogen-bond donors (Lipinski definition) is 2. The third kappa shape index (κ3) is 4.41. The minimum Gasteiger partial charge on any atom is -0.337 e. The van der Waals surface area contributed by atoms with Crippen molar-refractivity contribution in [3.05, 3.63) is 90.0 Å². The van der Waals surface area contributed by atoms with Gasteiger partial charge in [0.2, 0.25) is 0 Å². The first-order chi connectivity index (χ1) is 14.6. The highest BCUT2D eigenvalue weighted by Crippen LogP contribution is 2.21. The maximum Gasteiger partial charge on any atom is 0.319 e. The maximum absolute atomic E-state index is 12.4. The molecule has 7 heteroatoms. The van der Waals surface area contributed by atoms with Gasteiger partial charge in [-0.05, 0) is 50.2 Å². The van der Waals surface area contributed by atoms with Crippen molar-refractivity contribution < 1.29 is 4.79 Å². The number of amides is 2. The lowest BCUT2D eigenvalue weighted by Gasteiger charge is -2.13. The highest BCUT2D eigenvalue weighted by molar-refractivity contribution is 5.91. The molecule has 0 fully saturated rings. The van der Waals surface area contributed by atoms with Crippen LogP contribution in [0.3, 0.4) is 0 Å². The third-order valence-electron chi connectivity index (χ3n) is 4.72. The average molecular weight is 400 g/mol. The van der Waals surface area contributed by atoms with E-state index in [1.807, 2.05) is 96.1 Å². The molecule has 4 aromatic rings. The molecule has 2 aromatic heterocycles. The number of para-hydroxylation sites is 3. The molecule has 0 aliphatic rings. The first kappa shape index (κ1) is 19.4. The Hall–Kier alpha value is -3.87. The summed E-state index contributed by atoms with van der Waals surface area (Å²) in [4.78, 5) is 12.4. The molecule has 4 rings (SSSR count). The van der Waals surface area contributed by atoms with Crippen LogP contribution < -0.4 is 10.6 Å². The molecule has 7 nitrogen and oxygen atoms in total. The molecule has 0 spiro atoms. The van der Waals surface area contributed by atoms with Crippen molar-refractivity contribution in [2.45, 2.75) is 20.3 Å². The minimum absolute atomic E-state index is 0.258. The number of urea groups is 1. The lowest BCUT2D eigenvalue weighted by atomic mass is 10.2. The topological polar surface area (TPSA) is 76.8 Å². The van der Waals surface area contributed by atoms with Crippen molar-refractivity contribution in [1.82, 2.24) is 24.9 Å². The number of anilines is 1. The summed E-state index contributed by atoms with van der Waals surface area (Å²) in [5.41, 5.74) is 5.41. The number of nitrogens with zero attached hydrogens (tertiary/aromatic N) is 4. The van der Waals surface area contributed by atoms with Gasteiger partial charge >= 0.3 is 6.03 Å². The Bertz CT molecular complexity index is 1150. The van der Waals surface area contributed by atoms with Crippen molar-refractivity contribution in [1.29, 1.82) is 0 Å². The lowest BCUT2D eigenvalue weighted by Crippen LogP contribution is -2.31. The van der Waals surface area contributed by atoms with Gasteiger partial charge in [0.05, 0.1) is 28.5 Å². The second-order valence-corrected chi connectivity index (χ2v) is 7.07. The molecule has 0 unspecified atom stereocenters. The number of benzene rings is 2. The standard InChI is InChI=1S/C23H24N6O/c1-17-16-18(2)29(26-17)22-11-7-6-10-21(22)25-23(30)24-14-12-19-13-15-28(27-19)20-8-4-3-5-9-20/h3-11,13,15-16H,12,14H2,1-2H3,(H2,24,25,30). The van der Waals surface area contributed by atoms with E-state index in [9.17, 15) is 4.79 Å². The van der Waals surface area contributed by atoms with Gasteiger partial charge in [0.15, 0.2) is 0 Å². The average Bonchev–Trinajstić information content (AvgIpc) is 3.35. The highest BCUT2D eigenvalue weighted by Gasteiger charge is 2.11. The molecule has 2 N–H and O–H groups in total. The first-order valence-corrected chi connectivity index (χ1v) is 9.87. The Morgan fingerprint density at radius 1 is 0.967 bits per heavy atom. The van der Waals surface area contributed by atoms with Crippen molar-refractivity contribution >= 4 is 11.7 Å². The number of carbonyl (C=O) groups excluding carboxylic acids is 1. The summed E-state index contributed by atoms with van der Waals surface area (Å²) >= 11 is 0. The van der Waals surface area contributed by atoms with E-state index in [-0.39, 0.29) is 6.03 Å². The van der Waals surface area contributed by atoms with Crippen LogP contribution in [-0.4, -0.2) is 32.1 Å². The zero-order valence-electron chi connectivity index (χ0n) is 17.0. The Morgan fingerprint density at radius 3 is 2.50 bits per heavy atom. The zero-order valence-corrected chi connectivity index (χ0v) is 17.0. The van der Waals surface area contributed by atoms with Gasteiger partial charge in [0, 0.05) is 24.9 Å². The monoisotopic (exact) mass is 400 g/mol. The molecule has 0 radical (unpaired) electrons.